The minimum Gasteiger partial charge on any atom is -0.332 e. The number of hydrogen-bond acceptors (Lipinski definition) is 3. The summed E-state index contributed by atoms with van der Waals surface area (Å²) < 4.78 is 0. The van der Waals surface area contributed by atoms with Gasteiger partial charge in [0, 0.05) is 23.4 Å². The summed E-state index contributed by atoms with van der Waals surface area (Å²) in [5, 5.41) is 8.61. The first-order chi connectivity index (χ1) is 12.7. The number of rotatable bonds is 4. The molecule has 0 saturated carbocycles. The fourth-order valence-corrected chi connectivity index (χ4v) is 2.56. The second kappa shape index (κ2) is 8.77. The average molecular weight is 384 g/mol. The van der Waals surface area contributed by atoms with Crippen LogP contribution in [0.25, 0.3) is 0 Å². The van der Waals surface area contributed by atoms with Crippen LogP contribution < -0.4 is 16.0 Å². The van der Waals surface area contributed by atoms with Crippen LogP contribution in [0, 0.1) is 0 Å². The lowest BCUT2D eigenvalue weighted by molar-refractivity contribution is -0.115. The van der Waals surface area contributed by atoms with E-state index in [1.165, 1.54) is 0 Å². The van der Waals surface area contributed by atoms with Gasteiger partial charge in [-0.1, -0.05) is 39.8 Å². The molecule has 0 aliphatic rings. The molecule has 6 heteroatoms. The fraction of sp³-hybridized carbons (Fsp3) is 0.286. The first kappa shape index (κ1) is 20.6. The van der Waals surface area contributed by atoms with Crippen molar-refractivity contribution < 1.29 is 9.59 Å². The lowest BCUT2D eigenvalue weighted by atomic mass is 9.87. The smallest absolute Gasteiger partial charge is 0.257 e. The lowest BCUT2D eigenvalue weighted by Crippen LogP contribution is -2.34. The van der Waals surface area contributed by atoms with Crippen molar-refractivity contribution in [2.45, 2.75) is 39.5 Å². The van der Waals surface area contributed by atoms with Gasteiger partial charge in [0.05, 0.1) is 0 Å². The number of carbonyl (C=O) groups excluding carboxylic acids is 2. The van der Waals surface area contributed by atoms with Crippen LogP contribution in [0.2, 0.25) is 0 Å². The molecule has 5 nitrogen and oxygen atoms in total. The summed E-state index contributed by atoms with van der Waals surface area (Å²) in [6, 6.07) is 14.6. The third kappa shape index (κ3) is 6.18. The van der Waals surface area contributed by atoms with Gasteiger partial charge in [0.15, 0.2) is 5.11 Å². The zero-order valence-electron chi connectivity index (χ0n) is 16.1. The molecule has 0 aliphatic heterocycles. The molecule has 2 aromatic rings. The van der Waals surface area contributed by atoms with E-state index in [1.54, 1.807) is 43.3 Å². The van der Waals surface area contributed by atoms with Gasteiger partial charge >= 0.3 is 0 Å². The van der Waals surface area contributed by atoms with Gasteiger partial charge < -0.3 is 10.6 Å². The molecule has 27 heavy (non-hydrogen) atoms. The van der Waals surface area contributed by atoms with Crippen LogP contribution in [0.15, 0.2) is 48.5 Å². The monoisotopic (exact) mass is 383 g/mol. The molecule has 2 rings (SSSR count). The molecular formula is C21H25N3O2S. The molecule has 0 bridgehead atoms. The summed E-state index contributed by atoms with van der Waals surface area (Å²) in [6.07, 6.45) is 0.423. The Labute approximate surface area is 165 Å². The molecule has 0 atom stereocenters. The number of amides is 2. The van der Waals surface area contributed by atoms with Crippen molar-refractivity contribution in [3.8, 4) is 0 Å². The van der Waals surface area contributed by atoms with Gasteiger partial charge in [0.1, 0.15) is 0 Å². The van der Waals surface area contributed by atoms with Crippen molar-refractivity contribution in [3.63, 3.8) is 0 Å². The van der Waals surface area contributed by atoms with Gasteiger partial charge in [-0.2, -0.15) is 0 Å². The molecule has 0 unspecified atom stereocenters. The van der Waals surface area contributed by atoms with Gasteiger partial charge in [-0.05, 0) is 59.6 Å². The zero-order valence-corrected chi connectivity index (χ0v) is 16.9. The molecule has 0 heterocycles. The van der Waals surface area contributed by atoms with Crippen molar-refractivity contribution in [2.24, 2.45) is 0 Å². The summed E-state index contributed by atoms with van der Waals surface area (Å²) in [7, 11) is 0. The lowest BCUT2D eigenvalue weighted by Gasteiger charge is -2.19. The highest BCUT2D eigenvalue weighted by molar-refractivity contribution is 7.80. The first-order valence-corrected chi connectivity index (χ1v) is 9.22. The third-order valence-corrected chi connectivity index (χ3v) is 4.19. The Balaban J connectivity index is 1.93. The Bertz CT molecular complexity index is 822. The molecule has 0 radical (unpaired) electrons. The highest BCUT2D eigenvalue weighted by Gasteiger charge is 2.14. The minimum absolute atomic E-state index is 0.0363. The Morgan fingerprint density at radius 1 is 0.889 bits per heavy atom. The molecule has 142 valence electrons. The molecular weight excluding hydrogens is 358 g/mol. The standard InChI is InChI=1S/C21H25N3O2S/c1-5-18(25)22-16-10-12-17(13-11-16)23-20(27)24-19(26)14-6-8-15(9-7-14)21(2,3)4/h6-13H,5H2,1-4H3,(H,22,25)(H2,23,24,26,27). The van der Waals surface area contributed by atoms with E-state index < -0.39 is 0 Å². The molecule has 0 aromatic heterocycles. The second-order valence-corrected chi connectivity index (χ2v) is 7.62. The predicted molar refractivity (Wildman–Crippen MR) is 114 cm³/mol. The molecule has 2 aromatic carbocycles. The van der Waals surface area contributed by atoms with Crippen molar-refractivity contribution in [1.29, 1.82) is 0 Å². The summed E-state index contributed by atoms with van der Waals surface area (Å²) >= 11 is 5.21. The number of thiocarbonyl (C=S) groups is 1. The van der Waals surface area contributed by atoms with Gasteiger partial charge in [-0.25, -0.2) is 0 Å². The van der Waals surface area contributed by atoms with Gasteiger partial charge in [-0.15, -0.1) is 0 Å². The van der Waals surface area contributed by atoms with Crippen molar-refractivity contribution in [3.05, 3.63) is 59.7 Å². The van der Waals surface area contributed by atoms with Crippen LogP contribution >= 0.6 is 12.2 Å². The Kier molecular flexibility index (Phi) is 6.69. The minimum atomic E-state index is -0.264. The van der Waals surface area contributed by atoms with Crippen LogP contribution in [-0.4, -0.2) is 16.9 Å². The van der Waals surface area contributed by atoms with E-state index in [0.29, 0.717) is 17.7 Å². The maximum atomic E-state index is 12.3. The van der Waals surface area contributed by atoms with Crippen molar-refractivity contribution in [1.82, 2.24) is 5.32 Å². The Hall–Kier alpha value is -2.73. The SMILES string of the molecule is CCC(=O)Nc1ccc(NC(=S)NC(=O)c2ccc(C(C)(C)C)cc2)cc1. The predicted octanol–water partition coefficient (Wildman–Crippen LogP) is 4.46. The van der Waals surface area contributed by atoms with Gasteiger partial charge in [0.2, 0.25) is 5.91 Å². The van der Waals surface area contributed by atoms with Crippen LogP contribution in [0.1, 0.15) is 50.0 Å². The average Bonchev–Trinajstić information content (AvgIpc) is 2.62. The Morgan fingerprint density at radius 2 is 1.41 bits per heavy atom. The highest BCUT2D eigenvalue weighted by atomic mass is 32.1. The van der Waals surface area contributed by atoms with E-state index in [0.717, 1.165) is 11.3 Å². The van der Waals surface area contributed by atoms with Crippen LogP contribution in [0.3, 0.4) is 0 Å². The zero-order chi connectivity index (χ0) is 20.0. The van der Waals surface area contributed by atoms with Gasteiger partial charge in [-0.3, -0.25) is 14.9 Å². The summed E-state index contributed by atoms with van der Waals surface area (Å²) in [6.45, 7) is 8.17. The topological polar surface area (TPSA) is 70.2 Å². The molecule has 0 fully saturated rings. The van der Waals surface area contributed by atoms with Crippen LogP contribution in [0.5, 0.6) is 0 Å². The highest BCUT2D eigenvalue weighted by Crippen LogP contribution is 2.22. The summed E-state index contributed by atoms with van der Waals surface area (Å²) in [5.74, 6) is -0.309. The van der Waals surface area contributed by atoms with Crippen LogP contribution in [-0.2, 0) is 10.2 Å². The summed E-state index contributed by atoms with van der Waals surface area (Å²) in [5.41, 5.74) is 3.17. The van der Waals surface area contributed by atoms with Crippen molar-refractivity contribution in [2.75, 3.05) is 10.6 Å². The maximum absolute atomic E-state index is 12.3. The number of nitrogens with one attached hydrogen (secondary N) is 3. The number of anilines is 2. The quantitative estimate of drug-likeness (QED) is 0.682. The van der Waals surface area contributed by atoms with Crippen molar-refractivity contribution >= 4 is 40.5 Å². The normalized spacial score (nSPS) is 10.8. The first-order valence-electron chi connectivity index (χ1n) is 8.82. The molecule has 2 amide bonds. The van der Waals surface area contributed by atoms with E-state index in [-0.39, 0.29) is 22.3 Å². The third-order valence-electron chi connectivity index (χ3n) is 3.99. The Morgan fingerprint density at radius 3 is 1.89 bits per heavy atom. The number of carbonyl (C=O) groups is 2. The van der Waals surface area contributed by atoms with E-state index in [9.17, 15) is 9.59 Å². The van der Waals surface area contributed by atoms with E-state index in [4.69, 9.17) is 12.2 Å². The number of hydrogen-bond donors (Lipinski definition) is 3. The number of benzene rings is 2. The van der Waals surface area contributed by atoms with Crippen LogP contribution in [0.4, 0.5) is 11.4 Å². The van der Waals surface area contributed by atoms with E-state index >= 15 is 0 Å². The fourth-order valence-electron chi connectivity index (χ4n) is 2.35. The molecule has 3 N–H and O–H groups in total. The largest absolute Gasteiger partial charge is 0.332 e. The van der Waals surface area contributed by atoms with E-state index in [1.807, 2.05) is 12.1 Å². The molecule has 0 aliphatic carbocycles. The van der Waals surface area contributed by atoms with Gasteiger partial charge in [0.25, 0.3) is 5.91 Å². The molecule has 0 spiro atoms. The second-order valence-electron chi connectivity index (χ2n) is 7.21. The summed E-state index contributed by atoms with van der Waals surface area (Å²) in [4.78, 5) is 23.7. The molecule has 0 saturated heterocycles. The maximum Gasteiger partial charge on any atom is 0.257 e. The van der Waals surface area contributed by atoms with E-state index in [2.05, 4.69) is 36.7 Å².